The van der Waals surface area contributed by atoms with E-state index in [9.17, 15) is 8.42 Å². The van der Waals surface area contributed by atoms with Gasteiger partial charge in [-0.2, -0.15) is 0 Å². The lowest BCUT2D eigenvalue weighted by Gasteiger charge is -2.13. The van der Waals surface area contributed by atoms with Gasteiger partial charge in [0.2, 0.25) is 0 Å². The predicted molar refractivity (Wildman–Crippen MR) is 110 cm³/mol. The molecule has 1 rings (SSSR count). The van der Waals surface area contributed by atoms with Crippen LogP contribution in [-0.4, -0.2) is 8.42 Å². The number of aryl methyl sites for hydroxylation is 1. The molecule has 0 aliphatic rings. The van der Waals surface area contributed by atoms with Crippen LogP contribution < -0.4 is 4.72 Å². The highest BCUT2D eigenvalue weighted by molar-refractivity contribution is 8.06. The maximum Gasteiger partial charge on any atom is 0.262 e. The number of nitrogens with one attached hydrogen (secondary N) is 1. The molecule has 0 aliphatic heterocycles. The number of thioether (sulfide) groups is 1. The van der Waals surface area contributed by atoms with Gasteiger partial charge in [-0.25, -0.2) is 8.42 Å². The van der Waals surface area contributed by atoms with Crippen LogP contribution in [0, 0.1) is 6.92 Å². The molecule has 0 amide bonds. The van der Waals surface area contributed by atoms with E-state index in [0.29, 0.717) is 11.3 Å². The van der Waals surface area contributed by atoms with Crippen LogP contribution in [0.3, 0.4) is 0 Å². The van der Waals surface area contributed by atoms with E-state index < -0.39 is 10.0 Å². The first kappa shape index (κ1) is 21.3. The van der Waals surface area contributed by atoms with Gasteiger partial charge in [0, 0.05) is 10.6 Å². The zero-order chi connectivity index (χ0) is 19.0. The summed E-state index contributed by atoms with van der Waals surface area (Å²) in [4.78, 5) is 2.23. The van der Waals surface area contributed by atoms with Crippen LogP contribution in [0.2, 0.25) is 0 Å². The Morgan fingerprint density at radius 2 is 1.88 bits per heavy atom. The molecule has 0 fully saturated rings. The van der Waals surface area contributed by atoms with Crippen molar-refractivity contribution < 1.29 is 8.42 Å². The fourth-order valence-electron chi connectivity index (χ4n) is 2.13. The van der Waals surface area contributed by atoms with Crippen molar-refractivity contribution >= 4 is 21.8 Å². The smallest absolute Gasteiger partial charge is 0.262 e. The number of hydrogen-bond acceptors (Lipinski definition) is 3. The van der Waals surface area contributed by atoms with Crippen LogP contribution in [0.25, 0.3) is 0 Å². The SMILES string of the molecule is C=C(/C=C(SC(=C)CC)\C(C)=C/CC)NS(=O)(=O)c1ccccc1C. The summed E-state index contributed by atoms with van der Waals surface area (Å²) < 4.78 is 27.7. The van der Waals surface area contributed by atoms with Gasteiger partial charge in [0.1, 0.15) is 0 Å². The first-order valence-corrected chi connectivity index (χ1v) is 10.5. The summed E-state index contributed by atoms with van der Waals surface area (Å²) in [6, 6.07) is 6.88. The second kappa shape index (κ2) is 9.68. The highest BCUT2D eigenvalue weighted by Crippen LogP contribution is 2.32. The van der Waals surface area contributed by atoms with E-state index in [2.05, 4.69) is 30.9 Å². The van der Waals surface area contributed by atoms with E-state index in [1.165, 1.54) is 0 Å². The van der Waals surface area contributed by atoms with Crippen LogP contribution in [0.4, 0.5) is 0 Å². The van der Waals surface area contributed by atoms with Gasteiger partial charge in [-0.1, -0.05) is 63.0 Å². The van der Waals surface area contributed by atoms with Gasteiger partial charge in [0.25, 0.3) is 10.0 Å². The molecule has 0 aromatic heterocycles. The minimum Gasteiger partial charge on any atom is -0.280 e. The van der Waals surface area contributed by atoms with E-state index in [0.717, 1.165) is 28.2 Å². The second-order valence-electron chi connectivity index (χ2n) is 5.69. The number of allylic oxidation sites excluding steroid dienone is 4. The minimum atomic E-state index is -3.65. The number of benzene rings is 1. The van der Waals surface area contributed by atoms with Crippen LogP contribution in [0.5, 0.6) is 0 Å². The third kappa shape index (κ3) is 6.59. The van der Waals surface area contributed by atoms with Crippen molar-refractivity contribution in [3.8, 4) is 0 Å². The molecule has 1 aromatic rings. The maximum absolute atomic E-state index is 12.6. The topological polar surface area (TPSA) is 46.2 Å². The van der Waals surface area contributed by atoms with Crippen molar-refractivity contribution in [2.24, 2.45) is 0 Å². The van der Waals surface area contributed by atoms with Gasteiger partial charge in [0.05, 0.1) is 4.90 Å². The van der Waals surface area contributed by atoms with Gasteiger partial charge in [-0.15, -0.1) is 0 Å². The zero-order valence-electron chi connectivity index (χ0n) is 15.4. The summed E-state index contributed by atoms with van der Waals surface area (Å²) >= 11 is 1.55. The molecule has 0 aliphatic carbocycles. The molecule has 1 aromatic carbocycles. The highest BCUT2D eigenvalue weighted by Gasteiger charge is 2.16. The third-order valence-corrected chi connectivity index (χ3v) is 6.31. The van der Waals surface area contributed by atoms with E-state index in [1.807, 2.05) is 19.9 Å². The standard InChI is InChI=1S/C20H27NO2S2/c1-7-11-15(3)19(24-18(6)8-2)14-17(5)21-25(22,23)20-13-10-9-12-16(20)4/h9-14,21H,5-8H2,1-4H3/b15-11-,19-14+. The summed E-state index contributed by atoms with van der Waals surface area (Å²) in [5, 5.41) is 0. The summed E-state index contributed by atoms with van der Waals surface area (Å²) in [6.45, 7) is 15.8. The van der Waals surface area contributed by atoms with Gasteiger partial charge >= 0.3 is 0 Å². The molecule has 136 valence electrons. The Hall–Kier alpha value is -1.72. The first-order chi connectivity index (χ1) is 11.7. The molecule has 0 saturated carbocycles. The lowest BCUT2D eigenvalue weighted by molar-refractivity contribution is 0.589. The van der Waals surface area contributed by atoms with Crippen LogP contribution >= 0.6 is 11.8 Å². The van der Waals surface area contributed by atoms with Crippen LogP contribution in [0.1, 0.15) is 39.2 Å². The normalized spacial score (nSPS) is 12.8. The monoisotopic (exact) mass is 377 g/mol. The Balaban J connectivity index is 3.10. The van der Waals surface area contributed by atoms with E-state index >= 15 is 0 Å². The molecule has 0 saturated heterocycles. The zero-order valence-corrected chi connectivity index (χ0v) is 17.1. The molecular weight excluding hydrogens is 350 g/mol. The first-order valence-electron chi connectivity index (χ1n) is 8.23. The molecule has 1 N–H and O–H groups in total. The second-order valence-corrected chi connectivity index (χ2v) is 8.57. The lowest BCUT2D eigenvalue weighted by atomic mass is 10.2. The van der Waals surface area contributed by atoms with Gasteiger partial charge < -0.3 is 0 Å². The lowest BCUT2D eigenvalue weighted by Crippen LogP contribution is -2.22. The van der Waals surface area contributed by atoms with Crippen LogP contribution in [-0.2, 0) is 10.0 Å². The quantitative estimate of drug-likeness (QED) is 0.563. The summed E-state index contributed by atoms with van der Waals surface area (Å²) in [5.41, 5.74) is 2.11. The fraction of sp³-hybridized carbons (Fsp3) is 0.300. The highest BCUT2D eigenvalue weighted by atomic mass is 32.2. The largest absolute Gasteiger partial charge is 0.280 e. The number of rotatable bonds is 9. The van der Waals surface area contributed by atoms with E-state index in [-0.39, 0.29) is 4.90 Å². The maximum atomic E-state index is 12.6. The molecule has 0 unspecified atom stereocenters. The summed E-state index contributed by atoms with van der Waals surface area (Å²) in [7, 11) is -3.65. The van der Waals surface area contributed by atoms with Gasteiger partial charge in [-0.05, 0) is 54.9 Å². The molecule has 0 bridgehead atoms. The molecule has 0 heterocycles. The molecule has 0 spiro atoms. The van der Waals surface area contributed by atoms with Crippen molar-refractivity contribution in [3.05, 3.63) is 76.2 Å². The van der Waals surface area contributed by atoms with E-state index in [4.69, 9.17) is 0 Å². The Labute approximate surface area is 156 Å². The summed E-state index contributed by atoms with van der Waals surface area (Å²) in [6.07, 6.45) is 5.63. The minimum absolute atomic E-state index is 0.262. The van der Waals surface area contributed by atoms with Gasteiger partial charge in [0.15, 0.2) is 0 Å². The summed E-state index contributed by atoms with van der Waals surface area (Å²) in [5.74, 6) is 0. The van der Waals surface area contributed by atoms with Crippen LogP contribution in [0.15, 0.2) is 75.6 Å². The Kier molecular flexibility index (Phi) is 8.26. The van der Waals surface area contributed by atoms with Gasteiger partial charge in [-0.3, -0.25) is 4.72 Å². The van der Waals surface area contributed by atoms with Crippen molar-refractivity contribution in [3.63, 3.8) is 0 Å². The molecule has 25 heavy (non-hydrogen) atoms. The molecule has 3 nitrogen and oxygen atoms in total. The Morgan fingerprint density at radius 3 is 2.44 bits per heavy atom. The third-order valence-electron chi connectivity index (χ3n) is 3.50. The Bertz CT molecular complexity index is 803. The molecule has 0 radical (unpaired) electrons. The van der Waals surface area contributed by atoms with Crippen molar-refractivity contribution in [1.29, 1.82) is 0 Å². The average Bonchev–Trinajstić information content (AvgIpc) is 2.53. The predicted octanol–water partition coefficient (Wildman–Crippen LogP) is 5.68. The number of hydrogen-bond donors (Lipinski definition) is 1. The van der Waals surface area contributed by atoms with Crippen molar-refractivity contribution in [2.45, 2.75) is 45.4 Å². The molecule has 0 atom stereocenters. The average molecular weight is 378 g/mol. The fourth-order valence-corrected chi connectivity index (χ4v) is 4.30. The van der Waals surface area contributed by atoms with E-state index in [1.54, 1.807) is 43.0 Å². The van der Waals surface area contributed by atoms with Crippen molar-refractivity contribution in [2.75, 3.05) is 0 Å². The molecular formula is C20H27NO2S2. The van der Waals surface area contributed by atoms with Crippen molar-refractivity contribution in [1.82, 2.24) is 4.72 Å². The Morgan fingerprint density at radius 1 is 1.24 bits per heavy atom. The number of sulfonamides is 1. The molecule has 5 heteroatoms.